The number of nitrogens with zero attached hydrogens (tertiary/aromatic N) is 3. The lowest BCUT2D eigenvalue weighted by Crippen LogP contribution is -2.30. The zero-order chi connectivity index (χ0) is 15.6. The van der Waals surface area contributed by atoms with Crippen LogP contribution in [-0.4, -0.2) is 34.7 Å². The number of imidazole rings is 1. The molecule has 0 bridgehead atoms. The summed E-state index contributed by atoms with van der Waals surface area (Å²) in [7, 11) is 5.01. The van der Waals surface area contributed by atoms with E-state index in [0.29, 0.717) is 0 Å². The Bertz CT molecular complexity index is 631. The largest absolute Gasteiger partial charge is 0.453 e. The Hall–Kier alpha value is -2.30. The quantitative estimate of drug-likeness (QED) is 0.871. The Balaban J connectivity index is 2.31. The highest BCUT2D eigenvalue weighted by Gasteiger charge is 2.22. The molecule has 0 spiro atoms. The summed E-state index contributed by atoms with van der Waals surface area (Å²) in [6, 6.07) is 8.06. The number of hydrogen-bond donors (Lipinski definition) is 0. The highest BCUT2D eigenvalue weighted by atomic mass is 16.5. The topological polar surface area (TPSA) is 47.4 Å². The zero-order valence-corrected chi connectivity index (χ0v) is 13.1. The number of ether oxygens (including phenoxy) is 1. The molecular weight excluding hydrogens is 266 g/mol. The number of carbonyl (C=O) groups excluding carboxylic acids is 1. The molecule has 0 radical (unpaired) electrons. The van der Waals surface area contributed by atoms with E-state index in [4.69, 9.17) is 4.74 Å². The minimum absolute atomic E-state index is 0.165. The van der Waals surface area contributed by atoms with Gasteiger partial charge in [-0.2, -0.15) is 0 Å². The molecule has 2 aromatic rings. The summed E-state index contributed by atoms with van der Waals surface area (Å²) >= 11 is 0. The molecule has 2 rings (SSSR count). The van der Waals surface area contributed by atoms with E-state index in [-0.39, 0.29) is 12.1 Å². The van der Waals surface area contributed by atoms with E-state index in [9.17, 15) is 4.79 Å². The van der Waals surface area contributed by atoms with Gasteiger partial charge in [-0.05, 0) is 13.8 Å². The first-order chi connectivity index (χ1) is 9.93. The Morgan fingerprint density at radius 1 is 1.33 bits per heavy atom. The van der Waals surface area contributed by atoms with Crippen LogP contribution in [0.25, 0.3) is 11.3 Å². The molecular formula is C16H21N3O2. The first-order valence-corrected chi connectivity index (χ1v) is 6.85. The minimum Gasteiger partial charge on any atom is -0.453 e. The summed E-state index contributed by atoms with van der Waals surface area (Å²) in [5.41, 5.74) is 3.18. The maximum atomic E-state index is 11.6. The standard InChI is InChI=1S/C16H21N3O2/c1-11-6-8-13(9-7-11)14-10-18(3)15(17-14)12(2)19(4)16(20)21-5/h6-10,12H,1-5H3. The molecule has 0 saturated heterocycles. The normalized spacial score (nSPS) is 12.0. The number of rotatable bonds is 3. The molecule has 5 heteroatoms. The second-order valence-corrected chi connectivity index (χ2v) is 5.22. The Morgan fingerprint density at radius 2 is 1.95 bits per heavy atom. The third-order valence-corrected chi connectivity index (χ3v) is 3.68. The fourth-order valence-corrected chi connectivity index (χ4v) is 2.21. The first-order valence-electron chi connectivity index (χ1n) is 6.85. The number of benzene rings is 1. The molecule has 1 unspecified atom stereocenters. The molecule has 0 N–H and O–H groups in total. The summed E-state index contributed by atoms with van der Waals surface area (Å²) in [5.74, 6) is 0.818. The van der Waals surface area contributed by atoms with Gasteiger partial charge in [-0.1, -0.05) is 29.8 Å². The van der Waals surface area contributed by atoms with Gasteiger partial charge in [0.25, 0.3) is 0 Å². The summed E-state index contributed by atoms with van der Waals surface area (Å²) in [5, 5.41) is 0. The van der Waals surface area contributed by atoms with Crippen LogP contribution in [-0.2, 0) is 11.8 Å². The lowest BCUT2D eigenvalue weighted by atomic mass is 10.1. The maximum Gasteiger partial charge on any atom is 0.409 e. The van der Waals surface area contributed by atoms with Gasteiger partial charge in [-0.15, -0.1) is 0 Å². The van der Waals surface area contributed by atoms with Gasteiger partial charge < -0.3 is 14.2 Å². The third kappa shape index (κ3) is 3.07. The summed E-state index contributed by atoms with van der Waals surface area (Å²) in [6.45, 7) is 3.99. The number of carbonyl (C=O) groups is 1. The van der Waals surface area contributed by atoms with Crippen molar-refractivity contribution in [3.8, 4) is 11.3 Å². The van der Waals surface area contributed by atoms with Gasteiger partial charge in [0.1, 0.15) is 5.82 Å². The van der Waals surface area contributed by atoms with Crippen molar-refractivity contribution in [2.75, 3.05) is 14.2 Å². The molecule has 0 saturated carbocycles. The zero-order valence-electron chi connectivity index (χ0n) is 13.1. The number of aromatic nitrogens is 2. The molecule has 0 aliphatic rings. The highest BCUT2D eigenvalue weighted by molar-refractivity contribution is 5.67. The van der Waals surface area contributed by atoms with Gasteiger partial charge in [-0.25, -0.2) is 9.78 Å². The van der Waals surface area contributed by atoms with Crippen LogP contribution >= 0.6 is 0 Å². The predicted molar refractivity (Wildman–Crippen MR) is 82.0 cm³/mol. The molecule has 1 amide bonds. The second-order valence-electron chi connectivity index (χ2n) is 5.22. The molecule has 1 aromatic heterocycles. The monoisotopic (exact) mass is 287 g/mol. The highest BCUT2D eigenvalue weighted by Crippen LogP contribution is 2.24. The van der Waals surface area contributed by atoms with E-state index in [1.807, 2.05) is 24.7 Å². The number of hydrogen-bond acceptors (Lipinski definition) is 3. The van der Waals surface area contributed by atoms with Crippen LogP contribution in [0, 0.1) is 6.92 Å². The van der Waals surface area contributed by atoms with E-state index in [1.165, 1.54) is 17.6 Å². The Kier molecular flexibility index (Phi) is 4.31. The molecule has 1 heterocycles. The smallest absolute Gasteiger partial charge is 0.409 e. The van der Waals surface area contributed by atoms with Crippen molar-refractivity contribution >= 4 is 6.09 Å². The van der Waals surface area contributed by atoms with Crippen LogP contribution in [0.15, 0.2) is 30.5 Å². The van der Waals surface area contributed by atoms with Crippen LogP contribution in [0.3, 0.4) is 0 Å². The van der Waals surface area contributed by atoms with Crippen molar-refractivity contribution < 1.29 is 9.53 Å². The minimum atomic E-state index is -0.373. The molecule has 0 aliphatic carbocycles. The number of methoxy groups -OCH3 is 1. The first kappa shape index (κ1) is 15.1. The van der Waals surface area contributed by atoms with Crippen molar-refractivity contribution in [1.82, 2.24) is 14.5 Å². The van der Waals surface area contributed by atoms with Crippen LogP contribution in [0.1, 0.15) is 24.4 Å². The van der Waals surface area contributed by atoms with E-state index >= 15 is 0 Å². The van der Waals surface area contributed by atoms with Crippen molar-refractivity contribution in [2.24, 2.45) is 7.05 Å². The Labute approximate surface area is 125 Å². The fraction of sp³-hybridized carbons (Fsp3) is 0.375. The average Bonchev–Trinajstić information content (AvgIpc) is 2.87. The molecule has 5 nitrogen and oxygen atoms in total. The van der Waals surface area contributed by atoms with Crippen LogP contribution < -0.4 is 0 Å². The second kappa shape index (κ2) is 5.99. The molecule has 1 atom stereocenters. The number of amides is 1. The molecule has 0 fully saturated rings. The van der Waals surface area contributed by atoms with Crippen LogP contribution in [0.2, 0.25) is 0 Å². The Morgan fingerprint density at radius 3 is 2.52 bits per heavy atom. The van der Waals surface area contributed by atoms with E-state index in [2.05, 4.69) is 36.2 Å². The third-order valence-electron chi connectivity index (χ3n) is 3.68. The van der Waals surface area contributed by atoms with Gasteiger partial charge in [0.2, 0.25) is 0 Å². The average molecular weight is 287 g/mol. The number of aryl methyl sites for hydroxylation is 2. The molecule has 21 heavy (non-hydrogen) atoms. The summed E-state index contributed by atoms with van der Waals surface area (Å²) < 4.78 is 6.69. The van der Waals surface area contributed by atoms with Gasteiger partial charge >= 0.3 is 6.09 Å². The lowest BCUT2D eigenvalue weighted by Gasteiger charge is -2.22. The van der Waals surface area contributed by atoms with Crippen LogP contribution in [0.4, 0.5) is 4.79 Å². The van der Waals surface area contributed by atoms with Crippen molar-refractivity contribution in [3.05, 3.63) is 41.9 Å². The van der Waals surface area contributed by atoms with Crippen LogP contribution in [0.5, 0.6) is 0 Å². The molecule has 112 valence electrons. The van der Waals surface area contributed by atoms with Gasteiger partial charge in [0, 0.05) is 25.9 Å². The van der Waals surface area contributed by atoms with Gasteiger partial charge in [0.15, 0.2) is 0 Å². The van der Waals surface area contributed by atoms with E-state index in [1.54, 1.807) is 7.05 Å². The van der Waals surface area contributed by atoms with E-state index < -0.39 is 0 Å². The van der Waals surface area contributed by atoms with E-state index in [0.717, 1.165) is 17.1 Å². The maximum absolute atomic E-state index is 11.6. The summed E-state index contributed by atoms with van der Waals surface area (Å²) in [4.78, 5) is 17.8. The van der Waals surface area contributed by atoms with Gasteiger partial charge in [-0.3, -0.25) is 0 Å². The fourth-order valence-electron chi connectivity index (χ4n) is 2.21. The molecule has 0 aliphatic heterocycles. The van der Waals surface area contributed by atoms with Gasteiger partial charge in [0.05, 0.1) is 18.8 Å². The lowest BCUT2D eigenvalue weighted by molar-refractivity contribution is 0.118. The SMILES string of the molecule is COC(=O)N(C)C(C)c1nc(-c2ccc(C)cc2)cn1C. The van der Waals surface area contributed by atoms with Crippen molar-refractivity contribution in [3.63, 3.8) is 0 Å². The predicted octanol–water partition coefficient (Wildman–Crippen LogP) is 3.15. The van der Waals surface area contributed by atoms with Crippen molar-refractivity contribution in [2.45, 2.75) is 19.9 Å². The summed E-state index contributed by atoms with van der Waals surface area (Å²) in [6.07, 6.45) is 1.60. The van der Waals surface area contributed by atoms with Crippen molar-refractivity contribution in [1.29, 1.82) is 0 Å². The molecule has 1 aromatic carbocycles.